The van der Waals surface area contributed by atoms with Gasteiger partial charge in [-0.15, -0.1) is 0 Å². The first-order valence-electron chi connectivity index (χ1n) is 8.19. The molecule has 2 amide bonds. The molecule has 0 aromatic heterocycles. The van der Waals surface area contributed by atoms with Crippen molar-refractivity contribution in [3.63, 3.8) is 0 Å². The maximum atomic E-state index is 12.4. The van der Waals surface area contributed by atoms with Gasteiger partial charge in [-0.2, -0.15) is 5.26 Å². The highest BCUT2D eigenvalue weighted by Crippen LogP contribution is 2.19. The molecule has 0 saturated carbocycles. The van der Waals surface area contributed by atoms with Crippen LogP contribution in [-0.2, 0) is 9.59 Å². The number of nitrogens with zero attached hydrogens (tertiary/aromatic N) is 1. The molecule has 2 rings (SSSR count). The van der Waals surface area contributed by atoms with Crippen LogP contribution in [0.3, 0.4) is 0 Å². The second-order valence-corrected chi connectivity index (χ2v) is 6.18. The van der Waals surface area contributed by atoms with Crippen LogP contribution >= 0.6 is 0 Å². The number of nitrogens with one attached hydrogen (secondary N) is 2. The van der Waals surface area contributed by atoms with Gasteiger partial charge in [0.1, 0.15) is 11.6 Å². The predicted octanol–water partition coefficient (Wildman–Crippen LogP) is 4.12. The Labute approximate surface area is 153 Å². The van der Waals surface area contributed by atoms with Crippen LogP contribution in [0, 0.1) is 32.1 Å². The van der Waals surface area contributed by atoms with E-state index in [1.54, 1.807) is 30.3 Å². The molecule has 132 valence electrons. The SMILES string of the molecule is CC(=O)Nc1ccc(NC(=O)/C(C#N)=C/c2cc(C)c(C)cc2C)cc1. The molecule has 2 aromatic carbocycles. The number of amides is 2. The van der Waals surface area contributed by atoms with Gasteiger partial charge in [0.2, 0.25) is 5.91 Å². The molecule has 0 aliphatic heterocycles. The molecular weight excluding hydrogens is 326 g/mol. The average Bonchev–Trinajstić information content (AvgIpc) is 2.58. The minimum atomic E-state index is -0.475. The lowest BCUT2D eigenvalue weighted by Gasteiger charge is -2.08. The average molecular weight is 347 g/mol. The summed E-state index contributed by atoms with van der Waals surface area (Å²) >= 11 is 0. The summed E-state index contributed by atoms with van der Waals surface area (Å²) in [5.41, 5.74) is 5.34. The van der Waals surface area contributed by atoms with E-state index in [1.165, 1.54) is 12.5 Å². The van der Waals surface area contributed by atoms with Gasteiger partial charge in [-0.3, -0.25) is 9.59 Å². The van der Waals surface area contributed by atoms with E-state index in [0.29, 0.717) is 11.4 Å². The zero-order valence-electron chi connectivity index (χ0n) is 15.3. The number of benzene rings is 2. The number of rotatable bonds is 4. The minimum absolute atomic E-state index is 0.0299. The van der Waals surface area contributed by atoms with Crippen molar-refractivity contribution in [2.24, 2.45) is 0 Å². The largest absolute Gasteiger partial charge is 0.326 e. The van der Waals surface area contributed by atoms with Crippen LogP contribution in [0.1, 0.15) is 29.2 Å². The standard InChI is InChI=1S/C21H21N3O2/c1-13-9-15(3)17(10-14(13)2)11-18(12-22)21(26)24-20-7-5-19(6-8-20)23-16(4)25/h5-11H,1-4H3,(H,23,25)(H,24,26)/b18-11+. The van der Waals surface area contributed by atoms with Crippen LogP contribution in [0.2, 0.25) is 0 Å². The molecule has 26 heavy (non-hydrogen) atoms. The van der Waals surface area contributed by atoms with Crippen LogP contribution in [0.5, 0.6) is 0 Å². The first-order valence-corrected chi connectivity index (χ1v) is 8.19. The number of aryl methyl sites for hydroxylation is 3. The fourth-order valence-corrected chi connectivity index (χ4v) is 2.48. The summed E-state index contributed by atoms with van der Waals surface area (Å²) in [5, 5.41) is 14.7. The van der Waals surface area contributed by atoms with Gasteiger partial charge in [0.05, 0.1) is 0 Å². The molecule has 2 N–H and O–H groups in total. The smallest absolute Gasteiger partial charge is 0.266 e. The van der Waals surface area contributed by atoms with Crippen molar-refractivity contribution in [2.45, 2.75) is 27.7 Å². The second-order valence-electron chi connectivity index (χ2n) is 6.18. The second kappa shape index (κ2) is 8.13. The predicted molar refractivity (Wildman–Crippen MR) is 104 cm³/mol. The van der Waals surface area contributed by atoms with Crippen LogP contribution in [0.25, 0.3) is 6.08 Å². The van der Waals surface area contributed by atoms with Crippen molar-refractivity contribution < 1.29 is 9.59 Å². The van der Waals surface area contributed by atoms with Gasteiger partial charge in [0.15, 0.2) is 0 Å². The van der Waals surface area contributed by atoms with Gasteiger partial charge in [0.25, 0.3) is 5.91 Å². The summed E-state index contributed by atoms with van der Waals surface area (Å²) in [6.45, 7) is 7.40. The summed E-state index contributed by atoms with van der Waals surface area (Å²) in [4.78, 5) is 23.4. The molecule has 0 fully saturated rings. The molecule has 0 radical (unpaired) electrons. The Morgan fingerprint density at radius 3 is 2.00 bits per heavy atom. The van der Waals surface area contributed by atoms with Gasteiger partial charge in [-0.05, 0) is 73.4 Å². The van der Waals surface area contributed by atoms with Crippen LogP contribution in [0.4, 0.5) is 11.4 Å². The number of hydrogen-bond donors (Lipinski definition) is 2. The Morgan fingerprint density at radius 1 is 0.923 bits per heavy atom. The van der Waals surface area contributed by atoms with E-state index >= 15 is 0 Å². The van der Waals surface area contributed by atoms with Gasteiger partial charge >= 0.3 is 0 Å². The lowest BCUT2D eigenvalue weighted by molar-refractivity contribution is -0.114. The van der Waals surface area contributed by atoms with E-state index < -0.39 is 5.91 Å². The molecule has 0 aliphatic rings. The first-order chi connectivity index (χ1) is 12.3. The summed E-state index contributed by atoms with van der Waals surface area (Å²) in [6.07, 6.45) is 1.60. The molecule has 0 saturated heterocycles. The Morgan fingerprint density at radius 2 is 1.46 bits per heavy atom. The number of carbonyl (C=O) groups excluding carboxylic acids is 2. The number of carbonyl (C=O) groups is 2. The van der Waals surface area contributed by atoms with E-state index in [1.807, 2.05) is 39.0 Å². The van der Waals surface area contributed by atoms with Gasteiger partial charge < -0.3 is 10.6 Å². The van der Waals surface area contributed by atoms with Gasteiger partial charge in [0, 0.05) is 18.3 Å². The van der Waals surface area contributed by atoms with Crippen LogP contribution in [-0.4, -0.2) is 11.8 Å². The molecule has 0 spiro atoms. The van der Waals surface area contributed by atoms with Gasteiger partial charge in [-0.25, -0.2) is 0 Å². The highest BCUT2D eigenvalue weighted by atomic mass is 16.2. The van der Waals surface area contributed by atoms with E-state index in [4.69, 9.17) is 0 Å². The number of nitriles is 1. The zero-order chi connectivity index (χ0) is 19.3. The van der Waals surface area contributed by atoms with Crippen molar-refractivity contribution in [3.05, 3.63) is 64.2 Å². The zero-order valence-corrected chi connectivity index (χ0v) is 15.3. The molecule has 2 aromatic rings. The molecule has 0 bridgehead atoms. The summed E-state index contributed by atoms with van der Waals surface area (Å²) in [7, 11) is 0. The van der Waals surface area contributed by atoms with Crippen molar-refractivity contribution >= 4 is 29.3 Å². The summed E-state index contributed by atoms with van der Waals surface area (Å²) in [5.74, 6) is -0.641. The maximum absolute atomic E-state index is 12.4. The van der Waals surface area contributed by atoms with E-state index in [-0.39, 0.29) is 11.5 Å². The van der Waals surface area contributed by atoms with Crippen molar-refractivity contribution in [3.8, 4) is 6.07 Å². The third-order valence-electron chi connectivity index (χ3n) is 4.01. The lowest BCUT2D eigenvalue weighted by Crippen LogP contribution is -2.13. The Hall–Kier alpha value is -3.39. The normalized spacial score (nSPS) is 10.8. The third kappa shape index (κ3) is 4.81. The fourth-order valence-electron chi connectivity index (χ4n) is 2.48. The topological polar surface area (TPSA) is 82.0 Å². The molecule has 5 heteroatoms. The molecule has 0 heterocycles. The van der Waals surface area contributed by atoms with E-state index in [9.17, 15) is 14.9 Å². The lowest BCUT2D eigenvalue weighted by atomic mass is 9.99. The number of hydrogen-bond acceptors (Lipinski definition) is 3. The molecule has 0 atom stereocenters. The molecule has 0 unspecified atom stereocenters. The molecule has 0 aliphatic carbocycles. The van der Waals surface area contributed by atoms with Crippen molar-refractivity contribution in [2.75, 3.05) is 10.6 Å². The molecular formula is C21H21N3O2. The van der Waals surface area contributed by atoms with Crippen LogP contribution < -0.4 is 10.6 Å². The van der Waals surface area contributed by atoms with Crippen molar-refractivity contribution in [1.82, 2.24) is 0 Å². The highest BCUT2D eigenvalue weighted by molar-refractivity contribution is 6.09. The summed E-state index contributed by atoms with van der Waals surface area (Å²) < 4.78 is 0. The Balaban J connectivity index is 2.20. The fraction of sp³-hybridized carbons (Fsp3) is 0.190. The van der Waals surface area contributed by atoms with Crippen molar-refractivity contribution in [1.29, 1.82) is 5.26 Å². The quantitative estimate of drug-likeness (QED) is 0.645. The third-order valence-corrected chi connectivity index (χ3v) is 4.01. The minimum Gasteiger partial charge on any atom is -0.326 e. The Bertz CT molecular complexity index is 920. The Kier molecular flexibility index (Phi) is 5.92. The highest BCUT2D eigenvalue weighted by Gasteiger charge is 2.11. The van der Waals surface area contributed by atoms with Gasteiger partial charge in [-0.1, -0.05) is 12.1 Å². The first kappa shape index (κ1) is 18.9. The maximum Gasteiger partial charge on any atom is 0.266 e. The van der Waals surface area contributed by atoms with E-state index in [2.05, 4.69) is 10.6 Å². The van der Waals surface area contributed by atoms with E-state index in [0.717, 1.165) is 16.7 Å². The molecule has 5 nitrogen and oxygen atoms in total. The summed E-state index contributed by atoms with van der Waals surface area (Å²) in [6, 6.07) is 12.7. The number of anilines is 2. The monoisotopic (exact) mass is 347 g/mol. The van der Waals surface area contributed by atoms with Crippen LogP contribution in [0.15, 0.2) is 42.0 Å².